The fourth-order valence-corrected chi connectivity index (χ4v) is 9.29. The average molecular weight is 806 g/mol. The van der Waals surface area contributed by atoms with Crippen molar-refractivity contribution in [3.05, 3.63) is 243 Å². The van der Waals surface area contributed by atoms with Crippen molar-refractivity contribution < 1.29 is 0 Å². The summed E-state index contributed by atoms with van der Waals surface area (Å²) in [6, 6.07) is 76.0. The lowest BCUT2D eigenvalue weighted by Gasteiger charge is -2.17. The smallest absolute Gasteiger partial charge is 0.0788 e. The van der Waals surface area contributed by atoms with E-state index in [9.17, 15) is 0 Å². The van der Waals surface area contributed by atoms with Crippen LogP contribution in [0.15, 0.2) is 237 Å². The Labute approximate surface area is 367 Å². The highest BCUT2D eigenvalue weighted by molar-refractivity contribution is 6.24. The van der Waals surface area contributed by atoms with Crippen molar-refractivity contribution in [2.75, 3.05) is 0 Å². The van der Waals surface area contributed by atoms with E-state index in [1.807, 2.05) is 6.08 Å². The predicted molar refractivity (Wildman–Crippen MR) is 268 cm³/mol. The van der Waals surface area contributed by atoms with E-state index < -0.39 is 0 Å². The van der Waals surface area contributed by atoms with E-state index in [1.54, 1.807) is 0 Å². The maximum Gasteiger partial charge on any atom is 0.0788 e. The number of benzene rings is 8. The highest BCUT2D eigenvalue weighted by Gasteiger charge is 2.22. The molecule has 0 aliphatic carbocycles. The summed E-state index contributed by atoms with van der Waals surface area (Å²) in [7, 11) is 0. The van der Waals surface area contributed by atoms with E-state index >= 15 is 0 Å². The highest BCUT2D eigenvalue weighted by atomic mass is 15.0. The Kier molecular flexibility index (Phi) is 9.56. The molecule has 3 heteroatoms. The van der Waals surface area contributed by atoms with Gasteiger partial charge >= 0.3 is 0 Å². The van der Waals surface area contributed by atoms with Crippen LogP contribution in [0.3, 0.4) is 0 Å². The second-order valence-electron chi connectivity index (χ2n) is 15.9. The van der Waals surface area contributed by atoms with Gasteiger partial charge in [0.25, 0.3) is 0 Å². The molecule has 0 saturated heterocycles. The molecule has 3 aromatic heterocycles. The molecule has 0 amide bonds. The van der Waals surface area contributed by atoms with Crippen LogP contribution in [0.1, 0.15) is 12.5 Å². The topological polar surface area (TPSA) is 22.8 Å². The van der Waals surface area contributed by atoms with E-state index in [4.69, 9.17) is 4.98 Å². The summed E-state index contributed by atoms with van der Waals surface area (Å²) >= 11 is 0. The minimum atomic E-state index is 0.932. The molecule has 11 aromatic rings. The van der Waals surface area contributed by atoms with Crippen molar-refractivity contribution in [1.82, 2.24) is 14.1 Å². The fourth-order valence-electron chi connectivity index (χ4n) is 9.29. The van der Waals surface area contributed by atoms with Gasteiger partial charge in [-0.05, 0) is 94.9 Å². The Balaban J connectivity index is 1.24. The van der Waals surface area contributed by atoms with E-state index in [1.165, 1.54) is 21.5 Å². The zero-order chi connectivity index (χ0) is 42.3. The summed E-state index contributed by atoms with van der Waals surface area (Å²) < 4.78 is 4.91. The Morgan fingerprint density at radius 2 is 0.921 bits per heavy atom. The molecular weight excluding hydrogens is 763 g/mol. The van der Waals surface area contributed by atoms with Gasteiger partial charge in [0.2, 0.25) is 0 Å². The first-order chi connectivity index (χ1) is 31.2. The van der Waals surface area contributed by atoms with Gasteiger partial charge in [0.1, 0.15) is 0 Å². The third-order valence-electron chi connectivity index (χ3n) is 12.2. The van der Waals surface area contributed by atoms with Crippen LogP contribution >= 0.6 is 0 Å². The lowest BCUT2D eigenvalue weighted by Crippen LogP contribution is -2.00. The molecule has 0 atom stereocenters. The summed E-state index contributed by atoms with van der Waals surface area (Å²) in [5, 5.41) is 4.76. The molecule has 11 rings (SSSR count). The van der Waals surface area contributed by atoms with Gasteiger partial charge in [-0.3, -0.25) is 0 Å². The van der Waals surface area contributed by atoms with Gasteiger partial charge in [-0.1, -0.05) is 183 Å². The number of hydrogen-bond donors (Lipinski definition) is 0. The van der Waals surface area contributed by atoms with Crippen LogP contribution in [0.25, 0.3) is 105 Å². The number of pyridine rings is 1. The zero-order valence-electron chi connectivity index (χ0n) is 35.0. The van der Waals surface area contributed by atoms with Crippen LogP contribution in [0, 0.1) is 0 Å². The molecule has 0 unspecified atom stereocenters. The largest absolute Gasteiger partial charge is 0.307 e. The number of aromatic nitrogens is 3. The number of rotatable bonds is 9. The first-order valence-corrected chi connectivity index (χ1v) is 21.5. The summed E-state index contributed by atoms with van der Waals surface area (Å²) in [6.45, 7) is 6.54. The summed E-state index contributed by atoms with van der Waals surface area (Å²) in [5.41, 5.74) is 17.4. The van der Waals surface area contributed by atoms with Crippen molar-refractivity contribution in [3.8, 4) is 50.5 Å². The normalized spacial score (nSPS) is 12.1. The molecular formula is C60H43N3. The van der Waals surface area contributed by atoms with Crippen molar-refractivity contribution in [2.24, 2.45) is 0 Å². The van der Waals surface area contributed by atoms with Crippen molar-refractivity contribution in [3.63, 3.8) is 0 Å². The van der Waals surface area contributed by atoms with Crippen LogP contribution in [0.4, 0.5) is 0 Å². The first-order valence-electron chi connectivity index (χ1n) is 21.5. The number of hydrogen-bond acceptors (Lipinski definition) is 1. The van der Waals surface area contributed by atoms with Gasteiger partial charge in [0.15, 0.2) is 0 Å². The molecule has 0 saturated carbocycles. The zero-order valence-corrected chi connectivity index (χ0v) is 35.0. The molecule has 298 valence electrons. The molecule has 0 N–H and O–H groups in total. The Bertz CT molecular complexity index is 3500. The number of allylic oxidation sites excluding steroid dienone is 5. The molecule has 63 heavy (non-hydrogen) atoms. The van der Waals surface area contributed by atoms with E-state index in [0.29, 0.717) is 0 Å². The number of para-hydroxylation sites is 2. The predicted octanol–water partition coefficient (Wildman–Crippen LogP) is 16.1. The molecule has 0 aliphatic heterocycles. The minimum absolute atomic E-state index is 0.932. The van der Waals surface area contributed by atoms with Gasteiger partial charge in [-0.15, -0.1) is 0 Å². The molecule has 0 spiro atoms. The first kappa shape index (κ1) is 37.7. The third-order valence-corrected chi connectivity index (χ3v) is 12.2. The average Bonchev–Trinajstić information content (AvgIpc) is 3.88. The molecule has 3 heterocycles. The molecule has 0 radical (unpaired) electrons. The highest BCUT2D eigenvalue weighted by Crippen LogP contribution is 2.43. The van der Waals surface area contributed by atoms with Gasteiger partial charge < -0.3 is 9.13 Å². The van der Waals surface area contributed by atoms with E-state index in [2.05, 4.69) is 247 Å². The van der Waals surface area contributed by atoms with Crippen LogP contribution in [0.5, 0.6) is 0 Å². The van der Waals surface area contributed by atoms with Crippen LogP contribution in [-0.2, 0) is 0 Å². The monoisotopic (exact) mass is 805 g/mol. The van der Waals surface area contributed by atoms with Crippen LogP contribution < -0.4 is 0 Å². The molecule has 8 aromatic carbocycles. The van der Waals surface area contributed by atoms with E-state index in [-0.39, 0.29) is 0 Å². The van der Waals surface area contributed by atoms with Crippen molar-refractivity contribution >= 4 is 54.9 Å². The van der Waals surface area contributed by atoms with Crippen LogP contribution in [-0.4, -0.2) is 14.1 Å². The molecule has 0 aliphatic rings. The van der Waals surface area contributed by atoms with Crippen LogP contribution in [0.2, 0.25) is 0 Å². The van der Waals surface area contributed by atoms with Crippen molar-refractivity contribution in [2.45, 2.75) is 6.92 Å². The third kappa shape index (κ3) is 6.68. The van der Waals surface area contributed by atoms with Crippen molar-refractivity contribution in [1.29, 1.82) is 0 Å². The van der Waals surface area contributed by atoms with Gasteiger partial charge in [0, 0.05) is 44.1 Å². The Morgan fingerprint density at radius 1 is 0.444 bits per heavy atom. The standard InChI is InChI=1S/C60H43N3/c1-3-41(42-21-9-5-10-22-42)36-49(4-2)62-57-31-19-17-29-51(57)53-33-34-54-52-30-18-20-32-58(52)63(60(54)59(53)62)50-37-46(43-23-11-6-12-24-43)35-47(38-50)48-39-55(44-25-13-7-14-26-44)61-56(40-48)45-27-15-8-16-28-45/h3-40H,2H2,1H3/b41-3+,49-36+. The molecule has 0 fully saturated rings. The Morgan fingerprint density at radius 3 is 1.51 bits per heavy atom. The quantitative estimate of drug-likeness (QED) is 0.133. The fraction of sp³-hybridized carbons (Fsp3) is 0.0167. The minimum Gasteiger partial charge on any atom is -0.307 e. The SMILES string of the molecule is C=C/C(=C\C(=C/C)c1ccccc1)n1c2ccccc2c2ccc3c4ccccc4n(-c4cc(-c5ccccc5)cc(-c5cc(-c6ccccc6)nc(-c6ccccc6)c5)c4)c3c21. The Hall–Kier alpha value is -8.27. The second-order valence-corrected chi connectivity index (χ2v) is 15.9. The number of fused-ring (bicyclic) bond motifs is 7. The van der Waals surface area contributed by atoms with Gasteiger partial charge in [-0.25, -0.2) is 4.98 Å². The lowest BCUT2D eigenvalue weighted by atomic mass is 9.95. The molecule has 3 nitrogen and oxygen atoms in total. The summed E-state index contributed by atoms with van der Waals surface area (Å²) in [5.74, 6) is 0. The second kappa shape index (κ2) is 16.0. The maximum absolute atomic E-state index is 5.24. The summed E-state index contributed by atoms with van der Waals surface area (Å²) in [4.78, 5) is 5.24. The molecule has 0 bridgehead atoms. The van der Waals surface area contributed by atoms with Gasteiger partial charge in [0.05, 0.1) is 33.5 Å². The lowest BCUT2D eigenvalue weighted by molar-refractivity contribution is 1.17. The summed E-state index contributed by atoms with van der Waals surface area (Å²) in [6.07, 6.45) is 6.45. The number of nitrogens with zero attached hydrogens (tertiary/aromatic N) is 3. The maximum atomic E-state index is 5.24. The van der Waals surface area contributed by atoms with Gasteiger partial charge in [-0.2, -0.15) is 0 Å². The van der Waals surface area contributed by atoms with E-state index in [0.717, 1.165) is 89.4 Å².